The highest BCUT2D eigenvalue weighted by molar-refractivity contribution is 5.96. The van der Waals surface area contributed by atoms with E-state index in [1.165, 1.54) is 6.07 Å². The van der Waals surface area contributed by atoms with Crippen LogP contribution >= 0.6 is 0 Å². The molecule has 0 saturated heterocycles. The number of aryl methyl sites for hydroxylation is 1. The molecule has 0 heterocycles. The van der Waals surface area contributed by atoms with Crippen LogP contribution in [0.25, 0.3) is 0 Å². The maximum absolute atomic E-state index is 13.2. The molecular formula is C14H12FN3O3. The number of nitrogens with zero attached hydrogens (tertiary/aromatic N) is 1. The van der Waals surface area contributed by atoms with Crippen LogP contribution in [0.4, 0.5) is 10.1 Å². The number of benzene rings is 2. The quantitative estimate of drug-likeness (QED) is 0.390. The van der Waals surface area contributed by atoms with Crippen molar-refractivity contribution in [3.63, 3.8) is 0 Å². The van der Waals surface area contributed by atoms with Gasteiger partial charge in [0, 0.05) is 17.7 Å². The van der Waals surface area contributed by atoms with Gasteiger partial charge in [0.05, 0.1) is 4.92 Å². The summed E-state index contributed by atoms with van der Waals surface area (Å²) in [5, 5.41) is 18.3. The molecule has 0 aromatic heterocycles. The average molecular weight is 289 g/mol. The lowest BCUT2D eigenvalue weighted by Gasteiger charge is -2.09. The smallest absolute Gasteiger partial charge is 0.311 e. The second kappa shape index (κ2) is 5.58. The highest BCUT2D eigenvalue weighted by atomic mass is 19.1. The topological polar surface area (TPSA) is 102 Å². The fourth-order valence-electron chi connectivity index (χ4n) is 1.85. The molecule has 21 heavy (non-hydrogen) atoms. The normalized spacial score (nSPS) is 10.2. The summed E-state index contributed by atoms with van der Waals surface area (Å²) in [5.74, 6) is -0.607. The zero-order valence-corrected chi connectivity index (χ0v) is 11.1. The fraction of sp³-hybridized carbons (Fsp3) is 0.0714. The van der Waals surface area contributed by atoms with Crippen molar-refractivity contribution in [2.45, 2.75) is 6.92 Å². The van der Waals surface area contributed by atoms with Gasteiger partial charge in [0.25, 0.3) is 0 Å². The van der Waals surface area contributed by atoms with Crippen molar-refractivity contribution >= 4 is 11.5 Å². The number of ether oxygens (including phenoxy) is 1. The van der Waals surface area contributed by atoms with Gasteiger partial charge < -0.3 is 10.5 Å². The molecule has 6 nitrogen and oxygen atoms in total. The van der Waals surface area contributed by atoms with E-state index in [1.807, 2.05) is 0 Å². The predicted octanol–water partition coefficient (Wildman–Crippen LogP) is 3.12. The lowest BCUT2D eigenvalue weighted by Crippen LogP contribution is -2.12. The molecule has 0 atom stereocenters. The summed E-state index contributed by atoms with van der Waals surface area (Å²) in [5.41, 5.74) is 6.29. The summed E-state index contributed by atoms with van der Waals surface area (Å²) in [4.78, 5) is 10.2. The first-order valence-electron chi connectivity index (χ1n) is 5.95. The van der Waals surface area contributed by atoms with Gasteiger partial charge in [-0.25, -0.2) is 4.39 Å². The molecular weight excluding hydrogens is 277 g/mol. The monoisotopic (exact) mass is 289 g/mol. The number of hydrogen-bond acceptors (Lipinski definition) is 4. The van der Waals surface area contributed by atoms with Gasteiger partial charge in [-0.1, -0.05) is 0 Å². The van der Waals surface area contributed by atoms with Crippen molar-refractivity contribution in [2.75, 3.05) is 0 Å². The van der Waals surface area contributed by atoms with Crippen LogP contribution in [0.2, 0.25) is 0 Å². The highest BCUT2D eigenvalue weighted by Gasteiger charge is 2.17. The maximum Gasteiger partial charge on any atom is 0.311 e. The number of nitro groups is 1. The summed E-state index contributed by atoms with van der Waals surface area (Å²) in [6, 6.07) is 7.64. The van der Waals surface area contributed by atoms with Gasteiger partial charge >= 0.3 is 5.69 Å². The van der Waals surface area contributed by atoms with Crippen LogP contribution in [0, 0.1) is 28.3 Å². The van der Waals surface area contributed by atoms with Gasteiger partial charge in [0.1, 0.15) is 17.4 Å². The van der Waals surface area contributed by atoms with E-state index >= 15 is 0 Å². The van der Waals surface area contributed by atoms with Gasteiger partial charge in [-0.2, -0.15) is 0 Å². The number of nitrogen functional groups attached to an aromatic ring is 1. The fourth-order valence-corrected chi connectivity index (χ4v) is 1.85. The highest BCUT2D eigenvalue weighted by Crippen LogP contribution is 2.32. The van der Waals surface area contributed by atoms with Gasteiger partial charge in [0.2, 0.25) is 5.75 Å². The van der Waals surface area contributed by atoms with Crippen molar-refractivity contribution in [3.8, 4) is 11.5 Å². The third-order valence-corrected chi connectivity index (χ3v) is 2.83. The van der Waals surface area contributed by atoms with Gasteiger partial charge in [-0.3, -0.25) is 15.5 Å². The Labute approximate surface area is 119 Å². The first-order valence-corrected chi connectivity index (χ1v) is 5.95. The van der Waals surface area contributed by atoms with Gasteiger partial charge in [-0.15, -0.1) is 0 Å². The summed E-state index contributed by atoms with van der Waals surface area (Å²) < 4.78 is 18.6. The van der Waals surface area contributed by atoms with E-state index in [9.17, 15) is 14.5 Å². The van der Waals surface area contributed by atoms with Crippen molar-refractivity contribution in [1.82, 2.24) is 0 Å². The second-order valence-corrected chi connectivity index (χ2v) is 4.36. The van der Waals surface area contributed by atoms with E-state index < -0.39 is 10.7 Å². The molecule has 0 bridgehead atoms. The standard InChI is InChI=1S/C14H12FN3O3/c1-8-6-10(3-4-11(8)14(16)17)21-13-7-9(15)2-5-12(13)18(19)20/h2-7H,1H3,(H3,16,17). The minimum Gasteiger partial charge on any atom is -0.450 e. The molecule has 0 aliphatic heterocycles. The third kappa shape index (κ3) is 3.14. The van der Waals surface area contributed by atoms with Gasteiger partial charge in [-0.05, 0) is 36.8 Å². The molecule has 108 valence electrons. The number of hydrogen-bond donors (Lipinski definition) is 2. The third-order valence-electron chi connectivity index (χ3n) is 2.83. The number of rotatable bonds is 4. The van der Waals surface area contributed by atoms with E-state index in [1.54, 1.807) is 19.1 Å². The van der Waals surface area contributed by atoms with Crippen LogP contribution in [0.15, 0.2) is 36.4 Å². The number of nitrogens with one attached hydrogen (secondary N) is 1. The minimum atomic E-state index is -0.647. The summed E-state index contributed by atoms with van der Waals surface area (Å²) in [6.45, 7) is 1.73. The number of halogens is 1. The van der Waals surface area contributed by atoms with Crippen LogP contribution in [0.1, 0.15) is 11.1 Å². The zero-order valence-electron chi connectivity index (χ0n) is 11.1. The summed E-state index contributed by atoms with van der Waals surface area (Å²) in [6.07, 6.45) is 0. The molecule has 2 aromatic carbocycles. The predicted molar refractivity (Wildman–Crippen MR) is 75.3 cm³/mol. The number of nitro benzene ring substituents is 1. The Morgan fingerprint density at radius 3 is 2.62 bits per heavy atom. The van der Waals surface area contributed by atoms with Crippen LogP contribution in [0.5, 0.6) is 11.5 Å². The molecule has 0 aliphatic carbocycles. The van der Waals surface area contributed by atoms with Crippen molar-refractivity contribution in [2.24, 2.45) is 5.73 Å². The molecule has 0 saturated carbocycles. The Bertz CT molecular complexity index is 731. The molecule has 2 rings (SSSR count). The lowest BCUT2D eigenvalue weighted by molar-refractivity contribution is -0.385. The summed E-state index contributed by atoms with van der Waals surface area (Å²) >= 11 is 0. The molecule has 0 unspecified atom stereocenters. The lowest BCUT2D eigenvalue weighted by atomic mass is 10.1. The number of amidine groups is 1. The molecule has 0 aliphatic rings. The molecule has 0 spiro atoms. The van der Waals surface area contributed by atoms with Crippen LogP contribution in [-0.4, -0.2) is 10.8 Å². The van der Waals surface area contributed by atoms with E-state index in [2.05, 4.69) is 0 Å². The first-order chi connectivity index (χ1) is 9.88. The Morgan fingerprint density at radius 2 is 2.05 bits per heavy atom. The van der Waals surface area contributed by atoms with Crippen molar-refractivity contribution in [3.05, 3.63) is 63.5 Å². The Balaban J connectivity index is 2.38. The molecule has 7 heteroatoms. The largest absolute Gasteiger partial charge is 0.450 e. The van der Waals surface area contributed by atoms with Crippen LogP contribution in [0.3, 0.4) is 0 Å². The van der Waals surface area contributed by atoms with Crippen LogP contribution in [-0.2, 0) is 0 Å². The Hall–Kier alpha value is -2.96. The Kier molecular flexibility index (Phi) is 3.84. The molecule has 3 N–H and O–H groups in total. The average Bonchev–Trinajstić information content (AvgIpc) is 2.37. The van der Waals surface area contributed by atoms with E-state index in [0.717, 1.165) is 18.2 Å². The van der Waals surface area contributed by atoms with E-state index in [0.29, 0.717) is 16.9 Å². The Morgan fingerprint density at radius 1 is 1.33 bits per heavy atom. The molecule has 0 radical (unpaired) electrons. The van der Waals surface area contributed by atoms with Crippen LogP contribution < -0.4 is 10.5 Å². The minimum absolute atomic E-state index is 0.0872. The maximum atomic E-state index is 13.2. The first kappa shape index (κ1) is 14.4. The second-order valence-electron chi connectivity index (χ2n) is 4.36. The SMILES string of the molecule is Cc1cc(Oc2cc(F)ccc2[N+](=O)[O-])ccc1C(=N)N. The number of nitrogens with two attached hydrogens (primary N) is 1. The van der Waals surface area contributed by atoms with E-state index in [-0.39, 0.29) is 17.3 Å². The van der Waals surface area contributed by atoms with Crippen molar-refractivity contribution in [1.29, 1.82) is 5.41 Å². The van der Waals surface area contributed by atoms with E-state index in [4.69, 9.17) is 15.9 Å². The van der Waals surface area contributed by atoms with Crippen molar-refractivity contribution < 1.29 is 14.1 Å². The van der Waals surface area contributed by atoms with Gasteiger partial charge in [0.15, 0.2) is 0 Å². The molecule has 2 aromatic rings. The molecule has 0 fully saturated rings. The molecule has 0 amide bonds. The zero-order chi connectivity index (χ0) is 15.6. The summed E-state index contributed by atoms with van der Waals surface area (Å²) in [7, 11) is 0.